The van der Waals surface area contributed by atoms with Gasteiger partial charge in [0.15, 0.2) is 0 Å². The van der Waals surface area contributed by atoms with Crippen molar-refractivity contribution < 1.29 is 18.0 Å². The van der Waals surface area contributed by atoms with Crippen molar-refractivity contribution in [2.75, 3.05) is 0 Å². The van der Waals surface area contributed by atoms with Crippen molar-refractivity contribution in [1.82, 2.24) is 0 Å². The Balaban J connectivity index is 2.25. The average molecular weight is 202 g/mol. The highest BCUT2D eigenvalue weighted by Crippen LogP contribution is 2.38. The lowest BCUT2D eigenvalue weighted by molar-refractivity contribution is -0.167. The van der Waals surface area contributed by atoms with E-state index in [9.17, 15) is 18.0 Å². The number of fused-ring (bicyclic) bond motifs is 1. The number of Topliss-reactive ketones (excluding diaryl/α,β-unsaturated/α-hetero) is 1. The molecule has 0 aromatic carbocycles. The number of carbonyl (C=O) groups is 1. The molecule has 3 rings (SSSR count). The second-order valence-electron chi connectivity index (χ2n) is 3.68. The lowest BCUT2D eigenvalue weighted by Crippen LogP contribution is -2.31. The van der Waals surface area contributed by atoms with Crippen LogP contribution in [0.3, 0.4) is 0 Å². The lowest BCUT2D eigenvalue weighted by atomic mass is 9.75. The van der Waals surface area contributed by atoms with Crippen LogP contribution in [0.25, 0.3) is 0 Å². The Labute approximate surface area is 79.3 Å². The van der Waals surface area contributed by atoms with Gasteiger partial charge in [0.05, 0.1) is 0 Å². The summed E-state index contributed by atoms with van der Waals surface area (Å²) in [5.74, 6) is -1.95. The van der Waals surface area contributed by atoms with Gasteiger partial charge in [-0.15, -0.1) is 0 Å². The van der Waals surface area contributed by atoms with Crippen molar-refractivity contribution in [2.24, 2.45) is 11.8 Å². The van der Waals surface area contributed by atoms with Gasteiger partial charge in [0.1, 0.15) is 0 Å². The summed E-state index contributed by atoms with van der Waals surface area (Å²) in [6.07, 6.45) is 1.85. The van der Waals surface area contributed by atoms with E-state index < -0.39 is 12.0 Å². The molecule has 0 aromatic rings. The highest BCUT2D eigenvalue weighted by Gasteiger charge is 2.44. The number of alkyl halides is 3. The Morgan fingerprint density at radius 3 is 2.36 bits per heavy atom. The van der Waals surface area contributed by atoms with Crippen LogP contribution < -0.4 is 0 Å². The SMILES string of the molecule is O=C(C1=CC2C=CC1CC2)C(F)(F)F. The molecule has 0 saturated heterocycles. The molecule has 2 atom stereocenters. The zero-order valence-electron chi connectivity index (χ0n) is 7.34. The van der Waals surface area contributed by atoms with Crippen LogP contribution >= 0.6 is 0 Å². The van der Waals surface area contributed by atoms with Crippen molar-refractivity contribution in [3.63, 3.8) is 0 Å². The molecule has 0 amide bonds. The predicted molar refractivity (Wildman–Crippen MR) is 44.5 cm³/mol. The van der Waals surface area contributed by atoms with Crippen molar-refractivity contribution in [3.8, 4) is 0 Å². The van der Waals surface area contributed by atoms with Crippen molar-refractivity contribution in [1.29, 1.82) is 0 Å². The Morgan fingerprint density at radius 2 is 2.00 bits per heavy atom. The summed E-state index contributed by atoms with van der Waals surface area (Å²) in [4.78, 5) is 11.0. The molecule has 0 heterocycles. The van der Waals surface area contributed by atoms with Gasteiger partial charge in [-0.25, -0.2) is 0 Å². The van der Waals surface area contributed by atoms with Gasteiger partial charge in [-0.2, -0.15) is 13.2 Å². The monoisotopic (exact) mass is 202 g/mol. The first-order valence-corrected chi connectivity index (χ1v) is 4.50. The van der Waals surface area contributed by atoms with Gasteiger partial charge in [-0.05, 0) is 18.8 Å². The summed E-state index contributed by atoms with van der Waals surface area (Å²) in [6.45, 7) is 0. The number of hydrogen-bond acceptors (Lipinski definition) is 1. The van der Waals surface area contributed by atoms with E-state index in [1.165, 1.54) is 6.08 Å². The summed E-state index contributed by atoms with van der Waals surface area (Å²) < 4.78 is 36.4. The average Bonchev–Trinajstić information content (AvgIpc) is 2.17. The Kier molecular flexibility index (Phi) is 2.01. The Bertz CT molecular complexity index is 325. The molecule has 0 aromatic heterocycles. The van der Waals surface area contributed by atoms with E-state index in [-0.39, 0.29) is 17.4 Å². The molecule has 76 valence electrons. The van der Waals surface area contributed by atoms with Crippen molar-refractivity contribution in [2.45, 2.75) is 19.0 Å². The molecule has 0 saturated carbocycles. The van der Waals surface area contributed by atoms with Crippen molar-refractivity contribution >= 4 is 5.78 Å². The van der Waals surface area contributed by atoms with E-state index in [1.807, 2.05) is 6.08 Å². The largest absolute Gasteiger partial charge is 0.454 e. The molecule has 2 unspecified atom stereocenters. The minimum absolute atomic E-state index is 0.0290. The van der Waals surface area contributed by atoms with Crippen LogP contribution in [0.2, 0.25) is 0 Å². The first-order valence-electron chi connectivity index (χ1n) is 4.50. The fourth-order valence-electron chi connectivity index (χ4n) is 2.00. The number of carbonyl (C=O) groups excluding carboxylic acids is 1. The van der Waals surface area contributed by atoms with Crippen LogP contribution in [-0.4, -0.2) is 12.0 Å². The normalized spacial score (nSPS) is 30.4. The summed E-state index contributed by atoms with van der Waals surface area (Å²) in [6, 6.07) is 0. The number of hydrogen-bond donors (Lipinski definition) is 0. The third-order valence-corrected chi connectivity index (χ3v) is 2.71. The predicted octanol–water partition coefficient (Wildman–Crippen LogP) is 2.64. The van der Waals surface area contributed by atoms with Gasteiger partial charge in [0.2, 0.25) is 0 Å². The highest BCUT2D eigenvalue weighted by molar-refractivity contribution is 6.00. The molecule has 3 aliphatic rings. The van der Waals surface area contributed by atoms with E-state index in [0.29, 0.717) is 6.42 Å². The van der Waals surface area contributed by atoms with Gasteiger partial charge in [-0.1, -0.05) is 18.2 Å². The van der Waals surface area contributed by atoms with Crippen LogP contribution in [-0.2, 0) is 4.79 Å². The topological polar surface area (TPSA) is 17.1 Å². The molecule has 14 heavy (non-hydrogen) atoms. The Morgan fingerprint density at radius 1 is 1.29 bits per heavy atom. The van der Waals surface area contributed by atoms with Gasteiger partial charge in [0, 0.05) is 11.5 Å². The minimum Gasteiger partial charge on any atom is -0.284 e. The van der Waals surface area contributed by atoms with Crippen LogP contribution in [0.4, 0.5) is 13.2 Å². The molecular formula is C10H9F3O. The zero-order chi connectivity index (χ0) is 10.3. The third-order valence-electron chi connectivity index (χ3n) is 2.71. The standard InChI is InChI=1S/C10H9F3O/c11-10(12,13)9(14)8-5-6-1-3-7(8)4-2-6/h1,3,5-7H,2,4H2. The summed E-state index contributed by atoms with van der Waals surface area (Å²) in [5, 5.41) is 0. The molecule has 1 nitrogen and oxygen atoms in total. The molecule has 0 fully saturated rings. The lowest BCUT2D eigenvalue weighted by Gasteiger charge is -2.29. The Hall–Kier alpha value is -1.06. The molecule has 2 bridgehead atoms. The first kappa shape index (κ1) is 9.49. The van der Waals surface area contributed by atoms with Gasteiger partial charge in [0.25, 0.3) is 5.78 Å². The van der Waals surface area contributed by atoms with E-state index >= 15 is 0 Å². The number of ketones is 1. The molecule has 0 N–H and O–H groups in total. The van der Waals surface area contributed by atoms with Crippen LogP contribution in [0.5, 0.6) is 0 Å². The molecule has 0 radical (unpaired) electrons. The second kappa shape index (κ2) is 2.97. The minimum atomic E-state index is -4.73. The third kappa shape index (κ3) is 1.49. The van der Waals surface area contributed by atoms with E-state index in [4.69, 9.17) is 0 Å². The molecule has 3 aliphatic carbocycles. The maximum absolute atomic E-state index is 12.1. The number of allylic oxidation sites excluding steroid dienone is 4. The molecular weight excluding hydrogens is 193 g/mol. The zero-order valence-corrected chi connectivity index (χ0v) is 7.34. The highest BCUT2D eigenvalue weighted by atomic mass is 19.4. The van der Waals surface area contributed by atoms with Crippen LogP contribution in [0.15, 0.2) is 23.8 Å². The van der Waals surface area contributed by atoms with Gasteiger partial charge in [-0.3, -0.25) is 4.79 Å². The quantitative estimate of drug-likeness (QED) is 0.597. The van der Waals surface area contributed by atoms with Gasteiger partial charge < -0.3 is 0 Å². The molecule has 0 aliphatic heterocycles. The molecule has 4 heteroatoms. The van der Waals surface area contributed by atoms with Gasteiger partial charge >= 0.3 is 6.18 Å². The van der Waals surface area contributed by atoms with Crippen molar-refractivity contribution in [3.05, 3.63) is 23.8 Å². The summed E-state index contributed by atoms with van der Waals surface area (Å²) >= 11 is 0. The number of halogens is 3. The van der Waals surface area contributed by atoms with E-state index in [1.54, 1.807) is 6.08 Å². The maximum atomic E-state index is 12.1. The smallest absolute Gasteiger partial charge is 0.284 e. The van der Waals surface area contributed by atoms with E-state index in [0.717, 1.165) is 6.42 Å². The summed E-state index contributed by atoms with van der Waals surface area (Å²) in [5.41, 5.74) is -0.0590. The number of rotatable bonds is 1. The fraction of sp³-hybridized carbons (Fsp3) is 0.500. The van der Waals surface area contributed by atoms with Crippen LogP contribution in [0.1, 0.15) is 12.8 Å². The molecule has 0 spiro atoms. The first-order chi connectivity index (χ1) is 6.48. The summed E-state index contributed by atoms with van der Waals surface area (Å²) in [7, 11) is 0. The van der Waals surface area contributed by atoms with Crippen LogP contribution in [0, 0.1) is 11.8 Å². The second-order valence-corrected chi connectivity index (χ2v) is 3.68. The maximum Gasteiger partial charge on any atom is 0.454 e. The fourth-order valence-corrected chi connectivity index (χ4v) is 2.00. The van der Waals surface area contributed by atoms with E-state index in [2.05, 4.69) is 0 Å².